The van der Waals surface area contributed by atoms with E-state index in [4.69, 9.17) is 20.5 Å². The number of hydrogen-bond acceptors (Lipinski definition) is 6. The van der Waals surface area contributed by atoms with Crippen molar-refractivity contribution in [1.82, 2.24) is 9.96 Å². The highest BCUT2D eigenvalue weighted by atomic mass is 16.5. The van der Waals surface area contributed by atoms with Crippen LogP contribution in [0, 0.1) is 0 Å². The van der Waals surface area contributed by atoms with Crippen LogP contribution in [0.15, 0.2) is 0 Å². The molecule has 0 aliphatic heterocycles. The van der Waals surface area contributed by atoms with E-state index >= 15 is 0 Å². The Balaban J connectivity index is 0. The predicted molar refractivity (Wildman–Crippen MR) is 62.4 cm³/mol. The highest BCUT2D eigenvalue weighted by Crippen LogP contribution is 1.84. The Labute approximate surface area is 97.7 Å². The van der Waals surface area contributed by atoms with E-state index in [0.717, 1.165) is 13.1 Å². The van der Waals surface area contributed by atoms with Crippen LogP contribution in [0.2, 0.25) is 0 Å². The van der Waals surface area contributed by atoms with Gasteiger partial charge in [-0.25, -0.2) is 0 Å². The Kier molecular flexibility index (Phi) is 16.7. The second-order valence-corrected chi connectivity index (χ2v) is 3.15. The number of nitrogens with zero attached hydrogens (tertiary/aromatic N) is 2. The van der Waals surface area contributed by atoms with Crippen molar-refractivity contribution in [2.24, 2.45) is 0 Å². The van der Waals surface area contributed by atoms with Crippen LogP contribution in [-0.2, 0) is 0 Å². The molecule has 0 saturated carbocycles. The van der Waals surface area contributed by atoms with Gasteiger partial charge in [-0.15, -0.1) is 0 Å². The Morgan fingerprint density at radius 1 is 0.750 bits per heavy atom. The van der Waals surface area contributed by atoms with Crippen molar-refractivity contribution in [2.45, 2.75) is 13.8 Å². The van der Waals surface area contributed by atoms with Crippen molar-refractivity contribution in [2.75, 3.05) is 52.5 Å². The normalized spacial score (nSPS) is 10.5. The second kappa shape index (κ2) is 14.8. The Morgan fingerprint density at radius 3 is 1.19 bits per heavy atom. The molecular formula is C10H26N2O4. The molecule has 0 aliphatic rings. The van der Waals surface area contributed by atoms with Crippen LogP contribution < -0.4 is 0 Å². The third-order valence-corrected chi connectivity index (χ3v) is 1.98. The first-order valence-corrected chi connectivity index (χ1v) is 5.64. The van der Waals surface area contributed by atoms with Crippen molar-refractivity contribution in [3.05, 3.63) is 0 Å². The lowest BCUT2D eigenvalue weighted by molar-refractivity contribution is -0.0813. The van der Waals surface area contributed by atoms with Crippen molar-refractivity contribution >= 4 is 0 Å². The van der Waals surface area contributed by atoms with Crippen LogP contribution in [0.1, 0.15) is 13.8 Å². The van der Waals surface area contributed by atoms with Gasteiger partial charge in [-0.2, -0.15) is 5.06 Å². The van der Waals surface area contributed by atoms with Crippen LogP contribution in [0.4, 0.5) is 0 Å². The zero-order valence-electron chi connectivity index (χ0n) is 10.3. The maximum Gasteiger partial charge on any atom is 0.0558 e. The first-order valence-electron chi connectivity index (χ1n) is 5.64. The lowest BCUT2D eigenvalue weighted by atomic mass is 10.4. The van der Waals surface area contributed by atoms with Gasteiger partial charge in [-0.3, -0.25) is 4.90 Å². The van der Waals surface area contributed by atoms with Crippen LogP contribution in [0.5, 0.6) is 0 Å². The molecule has 0 aromatic heterocycles. The molecule has 6 heteroatoms. The van der Waals surface area contributed by atoms with Gasteiger partial charge in [0.1, 0.15) is 0 Å². The molecule has 0 amide bonds. The van der Waals surface area contributed by atoms with Crippen molar-refractivity contribution < 1.29 is 20.5 Å². The number of aliphatic hydroxyl groups is 3. The molecule has 0 unspecified atom stereocenters. The molecule has 0 aromatic carbocycles. The average molecular weight is 238 g/mol. The summed E-state index contributed by atoms with van der Waals surface area (Å²) in [5.41, 5.74) is 0. The minimum atomic E-state index is 0.0694. The molecule has 16 heavy (non-hydrogen) atoms. The maximum atomic E-state index is 8.50. The number of hydroxylamine groups is 2. The van der Waals surface area contributed by atoms with E-state index in [1.807, 2.05) is 13.8 Å². The van der Waals surface area contributed by atoms with Gasteiger partial charge in [0.25, 0.3) is 0 Å². The molecule has 0 atom stereocenters. The molecule has 0 aromatic rings. The first kappa shape index (κ1) is 18.1. The summed E-state index contributed by atoms with van der Waals surface area (Å²) in [5, 5.41) is 35.2. The predicted octanol–water partition coefficient (Wildman–Crippen LogP) is -1.02. The standard InChI is InChI=1S/C6H15NO3.C4H11NO/c8-4-1-7(2-5-9)3-6-10;1-3-5(6)4-2/h8-10H,1-6H2;6H,3-4H2,1-2H3. The van der Waals surface area contributed by atoms with Crippen LogP contribution in [0.3, 0.4) is 0 Å². The Hall–Kier alpha value is -0.240. The molecule has 0 fully saturated rings. The van der Waals surface area contributed by atoms with Gasteiger partial charge >= 0.3 is 0 Å². The quantitative estimate of drug-likeness (QED) is 0.405. The highest BCUT2D eigenvalue weighted by Gasteiger charge is 2.00. The SMILES string of the molecule is CCN(O)CC.OCCN(CCO)CCO. The minimum Gasteiger partial charge on any atom is -0.395 e. The molecule has 0 spiro atoms. The zero-order valence-corrected chi connectivity index (χ0v) is 10.3. The lowest BCUT2D eigenvalue weighted by Crippen LogP contribution is -2.32. The molecule has 0 saturated heterocycles. The summed E-state index contributed by atoms with van der Waals surface area (Å²) in [4.78, 5) is 1.79. The van der Waals surface area contributed by atoms with E-state index in [-0.39, 0.29) is 19.8 Å². The fraction of sp³-hybridized carbons (Fsp3) is 1.00. The summed E-state index contributed by atoms with van der Waals surface area (Å²) >= 11 is 0. The molecular weight excluding hydrogens is 212 g/mol. The summed E-state index contributed by atoms with van der Waals surface area (Å²) in [6.45, 7) is 7.00. The highest BCUT2D eigenvalue weighted by molar-refractivity contribution is 4.54. The fourth-order valence-corrected chi connectivity index (χ4v) is 0.983. The van der Waals surface area contributed by atoms with Gasteiger partial charge < -0.3 is 20.5 Å². The van der Waals surface area contributed by atoms with Crippen LogP contribution in [0.25, 0.3) is 0 Å². The summed E-state index contributed by atoms with van der Waals surface area (Å²) in [6.07, 6.45) is 0. The molecule has 0 radical (unpaired) electrons. The molecule has 0 aliphatic carbocycles. The summed E-state index contributed by atoms with van der Waals surface area (Å²) in [5.74, 6) is 0. The van der Waals surface area contributed by atoms with Crippen molar-refractivity contribution in [1.29, 1.82) is 0 Å². The van der Waals surface area contributed by atoms with Gasteiger partial charge in [0, 0.05) is 32.7 Å². The van der Waals surface area contributed by atoms with Crippen molar-refractivity contribution in [3.8, 4) is 0 Å². The van der Waals surface area contributed by atoms with Crippen LogP contribution >= 0.6 is 0 Å². The maximum absolute atomic E-state index is 8.50. The van der Waals surface area contributed by atoms with Gasteiger partial charge in [0.2, 0.25) is 0 Å². The average Bonchev–Trinajstić information content (AvgIpc) is 2.30. The first-order chi connectivity index (χ1) is 7.65. The second-order valence-electron chi connectivity index (χ2n) is 3.15. The van der Waals surface area contributed by atoms with Gasteiger partial charge in [-0.05, 0) is 0 Å². The van der Waals surface area contributed by atoms with E-state index in [2.05, 4.69) is 0 Å². The van der Waals surface area contributed by atoms with E-state index < -0.39 is 0 Å². The van der Waals surface area contributed by atoms with E-state index in [1.165, 1.54) is 5.06 Å². The zero-order chi connectivity index (χ0) is 12.8. The lowest BCUT2D eigenvalue weighted by Gasteiger charge is -2.17. The van der Waals surface area contributed by atoms with Gasteiger partial charge in [0.15, 0.2) is 0 Å². The Morgan fingerprint density at radius 2 is 1.06 bits per heavy atom. The molecule has 0 rings (SSSR count). The molecule has 0 heterocycles. The fourth-order valence-electron chi connectivity index (χ4n) is 0.983. The van der Waals surface area contributed by atoms with E-state index in [0.29, 0.717) is 19.6 Å². The van der Waals surface area contributed by atoms with Crippen LogP contribution in [-0.4, -0.2) is 83.0 Å². The molecule has 0 bridgehead atoms. The topological polar surface area (TPSA) is 87.4 Å². The number of rotatable bonds is 8. The molecule has 6 nitrogen and oxygen atoms in total. The van der Waals surface area contributed by atoms with Gasteiger partial charge in [-0.1, -0.05) is 13.8 Å². The Bertz CT molecular complexity index is 109. The van der Waals surface area contributed by atoms with Gasteiger partial charge in [0.05, 0.1) is 19.8 Å². The monoisotopic (exact) mass is 238 g/mol. The molecule has 100 valence electrons. The smallest absolute Gasteiger partial charge is 0.0558 e. The third-order valence-electron chi connectivity index (χ3n) is 1.98. The van der Waals surface area contributed by atoms with E-state index in [1.54, 1.807) is 4.90 Å². The largest absolute Gasteiger partial charge is 0.395 e. The van der Waals surface area contributed by atoms with Crippen molar-refractivity contribution in [3.63, 3.8) is 0 Å². The summed E-state index contributed by atoms with van der Waals surface area (Å²) in [7, 11) is 0. The minimum absolute atomic E-state index is 0.0694. The third kappa shape index (κ3) is 13.8. The summed E-state index contributed by atoms with van der Waals surface area (Å²) in [6, 6.07) is 0. The number of hydrogen-bond donors (Lipinski definition) is 4. The molecule has 4 N–H and O–H groups in total. The van der Waals surface area contributed by atoms with E-state index in [9.17, 15) is 0 Å². The number of aliphatic hydroxyl groups excluding tert-OH is 3. The summed E-state index contributed by atoms with van der Waals surface area (Å²) < 4.78 is 0.